The lowest BCUT2D eigenvalue weighted by Crippen LogP contribution is -2.18. The summed E-state index contributed by atoms with van der Waals surface area (Å²) in [6.45, 7) is 4.48. The zero-order valence-corrected chi connectivity index (χ0v) is 10.9. The summed E-state index contributed by atoms with van der Waals surface area (Å²) in [5.74, 6) is 0.392. The second-order valence-corrected chi connectivity index (χ2v) is 4.20. The van der Waals surface area contributed by atoms with Gasteiger partial charge in [-0.1, -0.05) is 6.07 Å². The summed E-state index contributed by atoms with van der Waals surface area (Å²) in [6.07, 6.45) is 0. The van der Waals surface area contributed by atoms with Gasteiger partial charge in [-0.3, -0.25) is 0 Å². The SMILES string of the molecule is CCN(c1cccc(F)c1)c1cc(C)nc(Cl)n1. The molecule has 3 nitrogen and oxygen atoms in total. The number of benzene rings is 1. The molecule has 0 saturated carbocycles. The zero-order valence-electron chi connectivity index (χ0n) is 10.2. The van der Waals surface area contributed by atoms with Gasteiger partial charge in [-0.25, -0.2) is 14.4 Å². The monoisotopic (exact) mass is 265 g/mol. The molecule has 0 amide bonds. The summed E-state index contributed by atoms with van der Waals surface area (Å²) in [7, 11) is 0. The number of nitrogens with zero attached hydrogens (tertiary/aromatic N) is 3. The molecule has 18 heavy (non-hydrogen) atoms. The summed E-state index contributed by atoms with van der Waals surface area (Å²) < 4.78 is 13.3. The van der Waals surface area contributed by atoms with E-state index in [0.717, 1.165) is 11.4 Å². The Kier molecular flexibility index (Phi) is 3.77. The Morgan fingerprint density at radius 1 is 1.28 bits per heavy atom. The highest BCUT2D eigenvalue weighted by Crippen LogP contribution is 2.25. The molecule has 0 N–H and O–H groups in total. The quantitative estimate of drug-likeness (QED) is 0.792. The fraction of sp³-hybridized carbons (Fsp3) is 0.231. The van der Waals surface area contributed by atoms with Gasteiger partial charge in [-0.2, -0.15) is 0 Å². The maximum absolute atomic E-state index is 13.3. The van der Waals surface area contributed by atoms with E-state index in [1.807, 2.05) is 30.9 Å². The van der Waals surface area contributed by atoms with Crippen molar-refractivity contribution in [2.45, 2.75) is 13.8 Å². The van der Waals surface area contributed by atoms with Gasteiger partial charge in [0.1, 0.15) is 11.6 Å². The maximum Gasteiger partial charge on any atom is 0.224 e. The molecule has 0 radical (unpaired) electrons. The van der Waals surface area contributed by atoms with E-state index in [1.54, 1.807) is 6.07 Å². The van der Waals surface area contributed by atoms with Crippen molar-refractivity contribution < 1.29 is 4.39 Å². The smallest absolute Gasteiger partial charge is 0.224 e. The molecule has 0 spiro atoms. The standard InChI is InChI=1S/C13H13ClFN3/c1-3-18(11-6-4-5-10(15)8-11)12-7-9(2)16-13(14)17-12/h4-8H,3H2,1-2H3. The van der Waals surface area contributed by atoms with Gasteiger partial charge in [0.25, 0.3) is 0 Å². The molecule has 1 heterocycles. The molecule has 0 saturated heterocycles. The van der Waals surface area contributed by atoms with Crippen LogP contribution in [0.1, 0.15) is 12.6 Å². The predicted molar refractivity (Wildman–Crippen MR) is 70.9 cm³/mol. The first-order valence-corrected chi connectivity index (χ1v) is 6.02. The van der Waals surface area contributed by atoms with E-state index < -0.39 is 0 Å². The molecule has 0 atom stereocenters. The minimum absolute atomic E-state index is 0.194. The van der Waals surface area contributed by atoms with E-state index in [0.29, 0.717) is 12.4 Å². The minimum Gasteiger partial charge on any atom is -0.326 e. The molecule has 2 rings (SSSR count). The van der Waals surface area contributed by atoms with Crippen molar-refractivity contribution in [1.82, 2.24) is 9.97 Å². The molecular formula is C13H13ClFN3. The molecule has 0 fully saturated rings. The summed E-state index contributed by atoms with van der Waals surface area (Å²) in [5.41, 5.74) is 1.52. The first-order valence-electron chi connectivity index (χ1n) is 5.64. The van der Waals surface area contributed by atoms with Crippen molar-refractivity contribution >= 4 is 23.1 Å². The second-order valence-electron chi connectivity index (χ2n) is 3.86. The van der Waals surface area contributed by atoms with Crippen LogP contribution in [0.2, 0.25) is 5.28 Å². The average Bonchev–Trinajstić information content (AvgIpc) is 2.28. The van der Waals surface area contributed by atoms with Crippen LogP contribution in [0.25, 0.3) is 0 Å². The summed E-state index contributed by atoms with van der Waals surface area (Å²) >= 11 is 5.85. The lowest BCUT2D eigenvalue weighted by Gasteiger charge is -2.22. The number of aryl methyl sites for hydroxylation is 1. The van der Waals surface area contributed by atoms with Crippen LogP contribution in [-0.4, -0.2) is 16.5 Å². The molecule has 0 bridgehead atoms. The third-order valence-electron chi connectivity index (χ3n) is 2.53. The van der Waals surface area contributed by atoms with Gasteiger partial charge in [-0.15, -0.1) is 0 Å². The van der Waals surface area contributed by atoms with Crippen LogP contribution >= 0.6 is 11.6 Å². The molecular weight excluding hydrogens is 253 g/mol. The van der Waals surface area contributed by atoms with E-state index in [9.17, 15) is 4.39 Å². The van der Waals surface area contributed by atoms with Crippen LogP contribution in [0.15, 0.2) is 30.3 Å². The average molecular weight is 266 g/mol. The number of rotatable bonds is 3. The van der Waals surface area contributed by atoms with Crippen molar-refractivity contribution in [2.24, 2.45) is 0 Å². The summed E-state index contributed by atoms with van der Waals surface area (Å²) in [5, 5.41) is 0.194. The fourth-order valence-electron chi connectivity index (χ4n) is 1.78. The van der Waals surface area contributed by atoms with Gasteiger partial charge in [0.15, 0.2) is 0 Å². The van der Waals surface area contributed by atoms with Crippen LogP contribution in [0, 0.1) is 12.7 Å². The van der Waals surface area contributed by atoms with Gasteiger partial charge in [0, 0.05) is 24.0 Å². The Morgan fingerprint density at radius 2 is 2.06 bits per heavy atom. The largest absolute Gasteiger partial charge is 0.326 e. The fourth-order valence-corrected chi connectivity index (χ4v) is 2.00. The van der Waals surface area contributed by atoms with E-state index in [1.165, 1.54) is 12.1 Å². The molecule has 2 aromatic rings. The first-order chi connectivity index (χ1) is 8.60. The lowest BCUT2D eigenvalue weighted by molar-refractivity contribution is 0.627. The highest BCUT2D eigenvalue weighted by atomic mass is 35.5. The Bertz CT molecular complexity index is 539. The summed E-state index contributed by atoms with van der Waals surface area (Å²) in [4.78, 5) is 10.1. The molecule has 94 valence electrons. The van der Waals surface area contributed by atoms with E-state index in [4.69, 9.17) is 11.6 Å². The predicted octanol–water partition coefficient (Wildman–Crippen LogP) is 3.74. The van der Waals surface area contributed by atoms with Gasteiger partial charge in [0.2, 0.25) is 5.28 Å². The van der Waals surface area contributed by atoms with Crippen molar-refractivity contribution in [3.63, 3.8) is 0 Å². The zero-order chi connectivity index (χ0) is 13.1. The van der Waals surface area contributed by atoms with Crippen molar-refractivity contribution in [3.8, 4) is 0 Å². The van der Waals surface area contributed by atoms with E-state index in [2.05, 4.69) is 9.97 Å². The molecule has 0 aliphatic rings. The number of hydrogen-bond donors (Lipinski definition) is 0. The Labute approximate surface area is 110 Å². The molecule has 0 unspecified atom stereocenters. The Morgan fingerprint density at radius 3 is 2.67 bits per heavy atom. The summed E-state index contributed by atoms with van der Waals surface area (Å²) in [6, 6.07) is 8.20. The first kappa shape index (κ1) is 12.8. The van der Waals surface area contributed by atoms with Gasteiger partial charge < -0.3 is 4.90 Å². The van der Waals surface area contributed by atoms with Crippen molar-refractivity contribution in [1.29, 1.82) is 0 Å². The van der Waals surface area contributed by atoms with Gasteiger partial charge >= 0.3 is 0 Å². The molecule has 0 aliphatic carbocycles. The highest BCUT2D eigenvalue weighted by Gasteiger charge is 2.11. The van der Waals surface area contributed by atoms with Crippen LogP contribution in [0.3, 0.4) is 0 Å². The lowest BCUT2D eigenvalue weighted by atomic mass is 10.2. The second kappa shape index (κ2) is 5.31. The highest BCUT2D eigenvalue weighted by molar-refractivity contribution is 6.28. The normalized spacial score (nSPS) is 10.4. The third-order valence-corrected chi connectivity index (χ3v) is 2.70. The van der Waals surface area contributed by atoms with Crippen LogP contribution < -0.4 is 4.90 Å². The third kappa shape index (κ3) is 2.76. The van der Waals surface area contributed by atoms with Crippen molar-refractivity contribution in [2.75, 3.05) is 11.4 Å². The molecule has 1 aromatic carbocycles. The van der Waals surface area contributed by atoms with E-state index >= 15 is 0 Å². The van der Waals surface area contributed by atoms with Gasteiger partial charge in [-0.05, 0) is 43.6 Å². The maximum atomic E-state index is 13.3. The van der Waals surface area contributed by atoms with Crippen LogP contribution in [0.5, 0.6) is 0 Å². The number of aromatic nitrogens is 2. The number of anilines is 2. The molecule has 0 aliphatic heterocycles. The molecule has 5 heteroatoms. The number of hydrogen-bond acceptors (Lipinski definition) is 3. The van der Waals surface area contributed by atoms with Gasteiger partial charge in [0.05, 0.1) is 0 Å². The van der Waals surface area contributed by atoms with Crippen molar-refractivity contribution in [3.05, 3.63) is 47.1 Å². The Hall–Kier alpha value is -1.68. The van der Waals surface area contributed by atoms with Crippen LogP contribution in [-0.2, 0) is 0 Å². The Balaban J connectivity index is 2.45. The van der Waals surface area contributed by atoms with Crippen LogP contribution in [0.4, 0.5) is 15.9 Å². The molecule has 1 aromatic heterocycles. The minimum atomic E-state index is -0.275. The number of halogens is 2. The van der Waals surface area contributed by atoms with E-state index in [-0.39, 0.29) is 11.1 Å². The topological polar surface area (TPSA) is 29.0 Å².